The molecule has 0 aliphatic carbocycles. The minimum atomic E-state index is -1.03. The van der Waals surface area contributed by atoms with Crippen molar-refractivity contribution in [3.8, 4) is 0 Å². The number of aromatic nitrogens is 4. The van der Waals surface area contributed by atoms with Gasteiger partial charge in [0.05, 0.1) is 30.6 Å². The third-order valence-corrected chi connectivity index (χ3v) is 4.52. The number of carbonyl (C=O) groups excluding carboxylic acids is 1. The molecule has 4 aromatic rings. The molecule has 0 saturated carbocycles. The molecule has 30 heavy (non-hydrogen) atoms. The van der Waals surface area contributed by atoms with Gasteiger partial charge < -0.3 is 25.2 Å². The topological polar surface area (TPSA) is 146 Å². The number of benzene rings is 1. The van der Waals surface area contributed by atoms with Crippen LogP contribution in [0, 0.1) is 0 Å². The lowest BCUT2D eigenvalue weighted by Gasteiger charge is -2.18. The molecule has 3 aromatic heterocycles. The average Bonchev–Trinajstić information content (AvgIpc) is 3.43. The zero-order valence-electron chi connectivity index (χ0n) is 15.7. The Balaban J connectivity index is 1.50. The molecule has 152 valence electrons. The maximum absolute atomic E-state index is 12.8. The number of amides is 1. The lowest BCUT2D eigenvalue weighted by molar-refractivity contribution is -0.137. The molecule has 1 aromatic carbocycles. The van der Waals surface area contributed by atoms with Gasteiger partial charge in [-0.15, -0.1) is 0 Å². The van der Waals surface area contributed by atoms with Gasteiger partial charge in [-0.3, -0.25) is 9.59 Å². The second-order valence-electron chi connectivity index (χ2n) is 6.54. The predicted octanol–water partition coefficient (Wildman–Crippen LogP) is 2.50. The fraction of sp³-hybridized carbons (Fsp3) is 0.150. The highest BCUT2D eigenvalue weighted by molar-refractivity contribution is 6.03. The molecule has 0 fully saturated rings. The number of H-pyrrole nitrogens is 1. The molecule has 0 aliphatic heterocycles. The second kappa shape index (κ2) is 8.43. The van der Waals surface area contributed by atoms with Crippen molar-refractivity contribution >= 4 is 28.6 Å². The van der Waals surface area contributed by atoms with E-state index < -0.39 is 17.9 Å². The van der Waals surface area contributed by atoms with E-state index in [0.29, 0.717) is 28.9 Å². The normalized spacial score (nSPS) is 11.9. The van der Waals surface area contributed by atoms with Crippen LogP contribution < -0.4 is 10.6 Å². The van der Waals surface area contributed by atoms with Crippen LogP contribution in [0.15, 0.2) is 59.6 Å². The van der Waals surface area contributed by atoms with E-state index in [1.54, 1.807) is 36.7 Å². The van der Waals surface area contributed by atoms with E-state index in [-0.39, 0.29) is 12.1 Å². The van der Waals surface area contributed by atoms with Crippen molar-refractivity contribution in [1.29, 1.82) is 0 Å². The molecule has 0 aliphatic rings. The van der Waals surface area contributed by atoms with Crippen molar-refractivity contribution in [3.05, 3.63) is 72.1 Å². The van der Waals surface area contributed by atoms with Gasteiger partial charge in [-0.05, 0) is 23.8 Å². The number of carboxylic acids is 1. The molecule has 3 heterocycles. The number of aromatic amines is 1. The van der Waals surface area contributed by atoms with Crippen molar-refractivity contribution in [2.24, 2.45) is 0 Å². The molecule has 0 unspecified atom stereocenters. The molecule has 0 bridgehead atoms. The quantitative estimate of drug-likeness (QED) is 0.349. The average molecular weight is 406 g/mol. The van der Waals surface area contributed by atoms with Gasteiger partial charge in [0.25, 0.3) is 5.91 Å². The molecule has 10 heteroatoms. The first-order chi connectivity index (χ1) is 14.6. The first kappa shape index (κ1) is 19.1. The van der Waals surface area contributed by atoms with Crippen molar-refractivity contribution < 1.29 is 19.2 Å². The fourth-order valence-electron chi connectivity index (χ4n) is 3.06. The van der Waals surface area contributed by atoms with Crippen molar-refractivity contribution in [3.63, 3.8) is 0 Å². The number of rotatable bonds is 8. The van der Waals surface area contributed by atoms with Crippen LogP contribution in [0.1, 0.15) is 34.3 Å². The summed E-state index contributed by atoms with van der Waals surface area (Å²) in [5.41, 5.74) is 2.20. The third kappa shape index (κ3) is 4.27. The summed E-state index contributed by atoms with van der Waals surface area (Å²) in [5.74, 6) is -0.806. The minimum absolute atomic E-state index is 0.182. The Morgan fingerprint density at radius 3 is 2.70 bits per heavy atom. The molecule has 0 saturated heterocycles. The number of nitrogens with one attached hydrogen (secondary N) is 3. The Morgan fingerprint density at radius 1 is 1.13 bits per heavy atom. The minimum Gasteiger partial charge on any atom is -0.481 e. The first-order valence-corrected chi connectivity index (χ1v) is 9.14. The van der Waals surface area contributed by atoms with Gasteiger partial charge in [0.1, 0.15) is 17.7 Å². The lowest BCUT2D eigenvalue weighted by atomic mass is 10.0. The Bertz CT molecular complexity index is 1150. The van der Waals surface area contributed by atoms with Gasteiger partial charge in [-0.1, -0.05) is 17.3 Å². The number of carboxylic acid groups (broad SMARTS) is 1. The Labute approximate surface area is 170 Å². The SMILES string of the molecule is O=C(O)C[C@@H](NC(=O)c1ncnc2[nH]ccc12)c1ccc(NCc2ccno2)cc1. The number of carbonyl (C=O) groups is 2. The van der Waals surface area contributed by atoms with Crippen LogP contribution in [-0.4, -0.2) is 37.1 Å². The zero-order valence-corrected chi connectivity index (χ0v) is 15.7. The Morgan fingerprint density at radius 2 is 1.97 bits per heavy atom. The van der Waals surface area contributed by atoms with Gasteiger partial charge in [-0.25, -0.2) is 9.97 Å². The van der Waals surface area contributed by atoms with Crippen LogP contribution >= 0.6 is 0 Å². The summed E-state index contributed by atoms with van der Waals surface area (Å²) >= 11 is 0. The van der Waals surface area contributed by atoms with Gasteiger partial charge in [0.15, 0.2) is 5.76 Å². The van der Waals surface area contributed by atoms with Crippen LogP contribution in [0.25, 0.3) is 11.0 Å². The lowest BCUT2D eigenvalue weighted by Crippen LogP contribution is -2.31. The highest BCUT2D eigenvalue weighted by Gasteiger charge is 2.21. The number of hydrogen-bond acceptors (Lipinski definition) is 7. The summed E-state index contributed by atoms with van der Waals surface area (Å²) in [6.07, 6.45) is 4.25. The van der Waals surface area contributed by atoms with Crippen LogP contribution in [0.5, 0.6) is 0 Å². The van der Waals surface area contributed by atoms with Crippen LogP contribution in [0.3, 0.4) is 0 Å². The zero-order chi connectivity index (χ0) is 20.9. The van der Waals surface area contributed by atoms with Gasteiger partial charge in [-0.2, -0.15) is 0 Å². The number of aliphatic carboxylic acids is 1. The number of hydrogen-bond donors (Lipinski definition) is 4. The van der Waals surface area contributed by atoms with E-state index in [4.69, 9.17) is 4.52 Å². The van der Waals surface area contributed by atoms with Gasteiger partial charge >= 0.3 is 5.97 Å². The number of fused-ring (bicyclic) bond motifs is 1. The Hall–Kier alpha value is -4.21. The summed E-state index contributed by atoms with van der Waals surface area (Å²) < 4.78 is 5.03. The van der Waals surface area contributed by atoms with Crippen molar-refractivity contribution in [1.82, 2.24) is 25.4 Å². The maximum Gasteiger partial charge on any atom is 0.305 e. The summed E-state index contributed by atoms with van der Waals surface area (Å²) in [6, 6.07) is 9.89. The van der Waals surface area contributed by atoms with E-state index in [9.17, 15) is 14.7 Å². The highest BCUT2D eigenvalue weighted by atomic mass is 16.5. The van der Waals surface area contributed by atoms with Gasteiger partial charge in [0, 0.05) is 18.0 Å². The molecular formula is C20H18N6O4. The largest absolute Gasteiger partial charge is 0.481 e. The molecule has 10 nitrogen and oxygen atoms in total. The maximum atomic E-state index is 12.8. The molecule has 4 rings (SSSR count). The predicted molar refractivity (Wildman–Crippen MR) is 107 cm³/mol. The monoisotopic (exact) mass is 406 g/mol. The standard InChI is InChI=1S/C20H18N6O4/c27-17(28)9-16(26-20(29)18-15-6-7-21-19(15)24-11-23-18)12-1-3-13(4-2-12)22-10-14-5-8-25-30-14/h1-8,11,16,22H,9-10H2,(H,26,29)(H,27,28)(H,21,23,24)/t16-/m1/s1. The molecular weight excluding hydrogens is 388 g/mol. The third-order valence-electron chi connectivity index (χ3n) is 4.52. The summed E-state index contributed by atoms with van der Waals surface area (Å²) in [4.78, 5) is 35.2. The smallest absolute Gasteiger partial charge is 0.305 e. The molecule has 1 atom stereocenters. The van der Waals surface area contributed by atoms with Crippen molar-refractivity contribution in [2.45, 2.75) is 19.0 Å². The van der Waals surface area contributed by atoms with E-state index in [1.165, 1.54) is 6.33 Å². The van der Waals surface area contributed by atoms with Crippen molar-refractivity contribution in [2.75, 3.05) is 5.32 Å². The van der Waals surface area contributed by atoms with Crippen LogP contribution in [-0.2, 0) is 11.3 Å². The van der Waals surface area contributed by atoms with Crippen LogP contribution in [0.2, 0.25) is 0 Å². The van der Waals surface area contributed by atoms with E-state index in [2.05, 4.69) is 30.7 Å². The second-order valence-corrected chi connectivity index (χ2v) is 6.54. The number of anilines is 1. The highest BCUT2D eigenvalue weighted by Crippen LogP contribution is 2.21. The molecule has 1 amide bonds. The molecule has 0 spiro atoms. The summed E-state index contributed by atoms with van der Waals surface area (Å²) in [5, 5.41) is 19.5. The van der Waals surface area contributed by atoms with E-state index >= 15 is 0 Å². The fourth-order valence-corrected chi connectivity index (χ4v) is 3.06. The summed E-state index contributed by atoms with van der Waals surface area (Å²) in [6.45, 7) is 0.467. The van der Waals surface area contributed by atoms with Crippen LogP contribution in [0.4, 0.5) is 5.69 Å². The molecule has 0 radical (unpaired) electrons. The van der Waals surface area contributed by atoms with Gasteiger partial charge in [0.2, 0.25) is 0 Å². The van der Waals surface area contributed by atoms with E-state index in [1.807, 2.05) is 12.1 Å². The molecule has 4 N–H and O–H groups in total. The number of nitrogens with zero attached hydrogens (tertiary/aromatic N) is 3. The Kier molecular flexibility index (Phi) is 5.37. The van der Waals surface area contributed by atoms with E-state index in [0.717, 1.165) is 5.69 Å². The summed E-state index contributed by atoms with van der Waals surface area (Å²) in [7, 11) is 0. The first-order valence-electron chi connectivity index (χ1n) is 9.14.